The van der Waals surface area contributed by atoms with Gasteiger partial charge in [0, 0.05) is 22.9 Å². The van der Waals surface area contributed by atoms with Crippen molar-refractivity contribution in [3.8, 4) is 0 Å². The van der Waals surface area contributed by atoms with E-state index in [2.05, 4.69) is 33.9 Å². The normalized spacial score (nSPS) is 25.9. The van der Waals surface area contributed by atoms with Crippen LogP contribution in [0.4, 0.5) is 0 Å². The second-order valence-electron chi connectivity index (χ2n) is 5.58. The first kappa shape index (κ1) is 14.0. The summed E-state index contributed by atoms with van der Waals surface area (Å²) in [6, 6.07) is 2.42. The van der Waals surface area contributed by atoms with E-state index in [0.29, 0.717) is 5.92 Å². The fourth-order valence-corrected chi connectivity index (χ4v) is 3.51. The van der Waals surface area contributed by atoms with Gasteiger partial charge >= 0.3 is 0 Å². The second-order valence-corrected chi connectivity index (χ2v) is 6.50. The topological polar surface area (TPSA) is 38.9 Å². The fraction of sp³-hybridized carbons (Fsp3) is 0.667. The van der Waals surface area contributed by atoms with Crippen LogP contribution in [0.2, 0.25) is 0 Å². The Labute approximate surface area is 119 Å². The summed E-state index contributed by atoms with van der Waals surface area (Å²) < 4.78 is 1.04. The SMILES string of the molecule is CCC1CCCC(C(N)Cc2cncc(Br)c2)C1. The Balaban J connectivity index is 1.93. The van der Waals surface area contributed by atoms with Crippen LogP contribution in [-0.2, 0) is 6.42 Å². The molecule has 0 aliphatic heterocycles. The third kappa shape index (κ3) is 3.79. The van der Waals surface area contributed by atoms with Gasteiger partial charge in [0.15, 0.2) is 0 Å². The number of pyridine rings is 1. The lowest BCUT2D eigenvalue weighted by Gasteiger charge is -2.32. The van der Waals surface area contributed by atoms with Crippen LogP contribution in [0.25, 0.3) is 0 Å². The number of aromatic nitrogens is 1. The van der Waals surface area contributed by atoms with Crippen molar-refractivity contribution in [1.82, 2.24) is 4.98 Å². The van der Waals surface area contributed by atoms with E-state index in [1.165, 1.54) is 37.7 Å². The zero-order chi connectivity index (χ0) is 13.0. The lowest BCUT2D eigenvalue weighted by Crippen LogP contribution is -2.35. The van der Waals surface area contributed by atoms with Crippen LogP contribution in [0.1, 0.15) is 44.6 Å². The Kier molecular flexibility index (Phi) is 5.19. The van der Waals surface area contributed by atoms with Crippen LogP contribution in [0.5, 0.6) is 0 Å². The summed E-state index contributed by atoms with van der Waals surface area (Å²) in [7, 11) is 0. The monoisotopic (exact) mass is 310 g/mol. The molecule has 0 aromatic carbocycles. The molecule has 0 amide bonds. The highest BCUT2D eigenvalue weighted by atomic mass is 79.9. The summed E-state index contributed by atoms with van der Waals surface area (Å²) in [4.78, 5) is 4.21. The van der Waals surface area contributed by atoms with Gasteiger partial charge in [-0.3, -0.25) is 4.98 Å². The standard InChI is InChI=1S/C15H23BrN2/c1-2-11-4-3-5-13(6-11)15(17)8-12-7-14(16)10-18-9-12/h7,9-11,13,15H,2-6,8,17H2,1H3. The second kappa shape index (κ2) is 6.67. The molecule has 0 radical (unpaired) electrons. The third-order valence-electron chi connectivity index (χ3n) is 4.24. The van der Waals surface area contributed by atoms with Crippen LogP contribution >= 0.6 is 15.9 Å². The van der Waals surface area contributed by atoms with Gasteiger partial charge in [-0.05, 0) is 58.7 Å². The summed E-state index contributed by atoms with van der Waals surface area (Å²) in [6.45, 7) is 2.30. The van der Waals surface area contributed by atoms with E-state index < -0.39 is 0 Å². The van der Waals surface area contributed by atoms with Crippen molar-refractivity contribution >= 4 is 15.9 Å². The molecule has 1 saturated carbocycles. The summed E-state index contributed by atoms with van der Waals surface area (Å²) in [5.41, 5.74) is 7.65. The highest BCUT2D eigenvalue weighted by molar-refractivity contribution is 9.10. The maximum atomic E-state index is 6.40. The molecule has 1 fully saturated rings. The molecule has 1 aromatic rings. The van der Waals surface area contributed by atoms with Crippen LogP contribution in [-0.4, -0.2) is 11.0 Å². The molecule has 3 heteroatoms. The van der Waals surface area contributed by atoms with Crippen molar-refractivity contribution in [1.29, 1.82) is 0 Å². The summed E-state index contributed by atoms with van der Waals surface area (Å²) >= 11 is 3.47. The molecule has 1 heterocycles. The minimum absolute atomic E-state index is 0.287. The average molecular weight is 311 g/mol. The Hall–Kier alpha value is -0.410. The first-order valence-corrected chi connectivity index (χ1v) is 7.83. The van der Waals surface area contributed by atoms with Gasteiger partial charge in [-0.2, -0.15) is 0 Å². The quantitative estimate of drug-likeness (QED) is 0.915. The zero-order valence-corrected chi connectivity index (χ0v) is 12.7. The number of hydrogen-bond acceptors (Lipinski definition) is 2. The lowest BCUT2D eigenvalue weighted by atomic mass is 9.76. The maximum absolute atomic E-state index is 6.40. The molecule has 1 aliphatic carbocycles. The molecule has 0 bridgehead atoms. The van der Waals surface area contributed by atoms with E-state index in [0.717, 1.165) is 16.8 Å². The average Bonchev–Trinajstić information content (AvgIpc) is 2.39. The molecule has 1 aromatic heterocycles. The molecule has 2 N–H and O–H groups in total. The number of rotatable bonds is 4. The minimum Gasteiger partial charge on any atom is -0.327 e. The number of nitrogens with zero attached hydrogens (tertiary/aromatic N) is 1. The first-order valence-electron chi connectivity index (χ1n) is 7.04. The summed E-state index contributed by atoms with van der Waals surface area (Å²) in [6.07, 6.45) is 11.4. The van der Waals surface area contributed by atoms with Gasteiger partial charge in [-0.25, -0.2) is 0 Å². The molecule has 100 valence electrons. The molecule has 0 spiro atoms. The van der Waals surface area contributed by atoms with Crippen molar-refractivity contribution < 1.29 is 0 Å². The predicted molar refractivity (Wildman–Crippen MR) is 79.4 cm³/mol. The third-order valence-corrected chi connectivity index (χ3v) is 4.67. The Morgan fingerprint density at radius 1 is 1.44 bits per heavy atom. The van der Waals surface area contributed by atoms with E-state index in [4.69, 9.17) is 5.73 Å². The minimum atomic E-state index is 0.287. The Morgan fingerprint density at radius 2 is 2.28 bits per heavy atom. The van der Waals surface area contributed by atoms with Gasteiger partial charge in [0.1, 0.15) is 0 Å². The number of nitrogens with two attached hydrogens (primary N) is 1. The van der Waals surface area contributed by atoms with E-state index in [1.807, 2.05) is 12.4 Å². The van der Waals surface area contributed by atoms with Gasteiger partial charge in [0.25, 0.3) is 0 Å². The molecular formula is C15H23BrN2. The zero-order valence-electron chi connectivity index (χ0n) is 11.1. The van der Waals surface area contributed by atoms with Gasteiger partial charge in [-0.15, -0.1) is 0 Å². The van der Waals surface area contributed by atoms with Crippen LogP contribution in [0.3, 0.4) is 0 Å². The highest BCUT2D eigenvalue weighted by Crippen LogP contribution is 2.33. The predicted octanol–water partition coefficient (Wildman–Crippen LogP) is 3.93. The van der Waals surface area contributed by atoms with Crippen LogP contribution in [0, 0.1) is 11.8 Å². The molecule has 1 aliphatic rings. The number of halogens is 1. The van der Waals surface area contributed by atoms with Crippen molar-refractivity contribution in [3.63, 3.8) is 0 Å². The highest BCUT2D eigenvalue weighted by Gasteiger charge is 2.25. The number of hydrogen-bond donors (Lipinski definition) is 1. The van der Waals surface area contributed by atoms with E-state index >= 15 is 0 Å². The largest absolute Gasteiger partial charge is 0.327 e. The van der Waals surface area contributed by atoms with E-state index in [1.54, 1.807) is 0 Å². The molecule has 2 rings (SSSR count). The van der Waals surface area contributed by atoms with Crippen molar-refractivity contribution in [2.24, 2.45) is 17.6 Å². The molecule has 2 nitrogen and oxygen atoms in total. The molecule has 3 unspecified atom stereocenters. The molecule has 18 heavy (non-hydrogen) atoms. The molecule has 0 saturated heterocycles. The van der Waals surface area contributed by atoms with Gasteiger partial charge in [0.2, 0.25) is 0 Å². The fourth-order valence-electron chi connectivity index (χ4n) is 3.10. The summed E-state index contributed by atoms with van der Waals surface area (Å²) in [5, 5.41) is 0. The van der Waals surface area contributed by atoms with Gasteiger partial charge < -0.3 is 5.73 Å². The lowest BCUT2D eigenvalue weighted by molar-refractivity contribution is 0.228. The van der Waals surface area contributed by atoms with Crippen molar-refractivity contribution in [2.75, 3.05) is 0 Å². The maximum Gasteiger partial charge on any atom is 0.0410 e. The van der Waals surface area contributed by atoms with Crippen LogP contribution < -0.4 is 5.73 Å². The van der Waals surface area contributed by atoms with Crippen LogP contribution in [0.15, 0.2) is 22.9 Å². The van der Waals surface area contributed by atoms with Crippen molar-refractivity contribution in [3.05, 3.63) is 28.5 Å². The summed E-state index contributed by atoms with van der Waals surface area (Å²) in [5.74, 6) is 1.60. The smallest absolute Gasteiger partial charge is 0.0410 e. The van der Waals surface area contributed by atoms with Gasteiger partial charge in [0.05, 0.1) is 0 Å². The molecular weight excluding hydrogens is 288 g/mol. The van der Waals surface area contributed by atoms with E-state index in [9.17, 15) is 0 Å². The Bertz CT molecular complexity index is 381. The first-order chi connectivity index (χ1) is 8.69. The molecule has 3 atom stereocenters. The van der Waals surface area contributed by atoms with E-state index in [-0.39, 0.29) is 6.04 Å². The Morgan fingerprint density at radius 3 is 3.00 bits per heavy atom. The van der Waals surface area contributed by atoms with Gasteiger partial charge in [-0.1, -0.05) is 26.2 Å². The van der Waals surface area contributed by atoms with Crippen molar-refractivity contribution in [2.45, 2.75) is 51.5 Å².